The van der Waals surface area contributed by atoms with Gasteiger partial charge in [-0.25, -0.2) is 4.98 Å². The molecule has 0 saturated carbocycles. The summed E-state index contributed by atoms with van der Waals surface area (Å²) in [7, 11) is 0. The summed E-state index contributed by atoms with van der Waals surface area (Å²) < 4.78 is 80.6. The predicted octanol–water partition coefficient (Wildman–Crippen LogP) is 7.67. The fraction of sp³-hybridized carbons (Fsp3) is 0.273. The fourth-order valence-corrected chi connectivity index (χ4v) is 3.06. The lowest BCUT2D eigenvalue weighted by atomic mass is 10.1. The molecule has 0 atom stereocenters. The van der Waals surface area contributed by atoms with Crippen molar-refractivity contribution in [3.8, 4) is 17.0 Å². The second kappa shape index (κ2) is 9.21. The molecular formula is C22H19ClF6N4O. The number of aromatic nitrogens is 2. The summed E-state index contributed by atoms with van der Waals surface area (Å²) in [6, 6.07) is 9.42. The van der Waals surface area contributed by atoms with Crippen LogP contribution < -0.4 is 15.4 Å². The first-order chi connectivity index (χ1) is 15.6. The molecule has 34 heavy (non-hydrogen) atoms. The van der Waals surface area contributed by atoms with Crippen molar-refractivity contribution in [1.82, 2.24) is 9.97 Å². The molecule has 1 heterocycles. The Hall–Kier alpha value is -3.21. The van der Waals surface area contributed by atoms with Crippen molar-refractivity contribution in [2.45, 2.75) is 38.8 Å². The summed E-state index contributed by atoms with van der Waals surface area (Å²) in [6.45, 7) is 5.54. The Morgan fingerprint density at radius 2 is 1.59 bits per heavy atom. The van der Waals surface area contributed by atoms with Crippen molar-refractivity contribution in [2.75, 3.05) is 10.6 Å². The monoisotopic (exact) mass is 504 g/mol. The van der Waals surface area contributed by atoms with E-state index in [1.54, 1.807) is 0 Å². The minimum atomic E-state index is -4.87. The average Bonchev–Trinajstić information content (AvgIpc) is 2.66. The molecule has 12 heteroatoms. The lowest BCUT2D eigenvalue weighted by molar-refractivity contribution is -0.274. The zero-order chi connectivity index (χ0) is 25.3. The zero-order valence-corrected chi connectivity index (χ0v) is 18.8. The van der Waals surface area contributed by atoms with Crippen LogP contribution >= 0.6 is 11.6 Å². The molecule has 0 bridgehead atoms. The molecule has 0 unspecified atom stereocenters. The molecular weight excluding hydrogens is 486 g/mol. The summed E-state index contributed by atoms with van der Waals surface area (Å²) >= 11 is 6.03. The maximum Gasteiger partial charge on any atom is 0.573 e. The van der Waals surface area contributed by atoms with E-state index < -0.39 is 29.4 Å². The molecule has 3 aromatic rings. The number of rotatable bonds is 5. The van der Waals surface area contributed by atoms with Gasteiger partial charge in [-0.15, -0.1) is 13.2 Å². The number of hydrogen-bond donors (Lipinski definition) is 2. The minimum Gasteiger partial charge on any atom is -0.406 e. The molecule has 0 aliphatic carbocycles. The Kier molecular flexibility index (Phi) is 6.88. The van der Waals surface area contributed by atoms with E-state index in [-0.39, 0.29) is 28.2 Å². The van der Waals surface area contributed by atoms with Crippen LogP contribution in [0.2, 0.25) is 5.02 Å². The first-order valence-corrected chi connectivity index (χ1v) is 10.1. The molecule has 0 radical (unpaired) electrons. The molecule has 1 aromatic heterocycles. The van der Waals surface area contributed by atoms with Gasteiger partial charge < -0.3 is 15.4 Å². The van der Waals surface area contributed by atoms with Crippen LogP contribution in [-0.4, -0.2) is 21.9 Å². The molecule has 0 amide bonds. The second-order valence-corrected chi connectivity index (χ2v) is 8.64. The van der Waals surface area contributed by atoms with Crippen LogP contribution in [0.25, 0.3) is 11.3 Å². The SMILES string of the molecule is CC(C)(C)Nc1nc(Nc2ccc(C(F)(F)F)cc2Cl)cc(-c2cccc(OC(F)(F)F)c2)n1. The van der Waals surface area contributed by atoms with Crippen LogP contribution in [0.5, 0.6) is 5.75 Å². The highest BCUT2D eigenvalue weighted by Gasteiger charge is 2.32. The molecule has 3 rings (SSSR count). The molecule has 0 spiro atoms. The van der Waals surface area contributed by atoms with E-state index in [1.807, 2.05) is 20.8 Å². The highest BCUT2D eigenvalue weighted by molar-refractivity contribution is 6.33. The van der Waals surface area contributed by atoms with Crippen molar-refractivity contribution < 1.29 is 31.1 Å². The lowest BCUT2D eigenvalue weighted by Gasteiger charge is -2.21. The quantitative estimate of drug-likeness (QED) is 0.349. The number of ether oxygens (including phenoxy) is 1. The van der Waals surface area contributed by atoms with Gasteiger partial charge in [-0.1, -0.05) is 23.7 Å². The second-order valence-electron chi connectivity index (χ2n) is 8.23. The van der Waals surface area contributed by atoms with Crippen molar-refractivity contribution in [3.05, 3.63) is 59.1 Å². The summed E-state index contributed by atoms with van der Waals surface area (Å²) in [5.41, 5.74) is -0.705. The normalized spacial score (nSPS) is 12.4. The van der Waals surface area contributed by atoms with Gasteiger partial charge in [-0.3, -0.25) is 0 Å². The molecule has 2 aromatic carbocycles. The van der Waals surface area contributed by atoms with E-state index in [0.717, 1.165) is 30.3 Å². The minimum absolute atomic E-state index is 0.137. The van der Waals surface area contributed by atoms with Gasteiger partial charge in [-0.05, 0) is 51.1 Å². The topological polar surface area (TPSA) is 59.1 Å². The Bertz CT molecular complexity index is 1180. The maximum atomic E-state index is 12.9. The van der Waals surface area contributed by atoms with Gasteiger partial charge in [0, 0.05) is 17.2 Å². The van der Waals surface area contributed by atoms with Crippen molar-refractivity contribution in [2.24, 2.45) is 0 Å². The summed E-state index contributed by atoms with van der Waals surface area (Å²) in [6.07, 6.45) is -9.42. The highest BCUT2D eigenvalue weighted by atomic mass is 35.5. The number of alkyl halides is 6. The standard InChI is InChI=1S/C22H19ClF6N4O/c1-20(2,3)33-19-31-17(12-5-4-6-14(9-12)34-22(27,28)29)11-18(32-19)30-16-8-7-13(10-15(16)23)21(24,25)26/h4-11H,1-3H3,(H2,30,31,32,33). The van der Waals surface area contributed by atoms with Gasteiger partial charge in [0.15, 0.2) is 0 Å². The first-order valence-electron chi connectivity index (χ1n) is 9.76. The van der Waals surface area contributed by atoms with Gasteiger partial charge in [0.1, 0.15) is 11.6 Å². The van der Waals surface area contributed by atoms with E-state index in [4.69, 9.17) is 11.6 Å². The highest BCUT2D eigenvalue weighted by Crippen LogP contribution is 2.35. The van der Waals surface area contributed by atoms with Crippen LogP contribution in [-0.2, 0) is 6.18 Å². The predicted molar refractivity (Wildman–Crippen MR) is 117 cm³/mol. The number of anilines is 3. The van der Waals surface area contributed by atoms with E-state index in [2.05, 4.69) is 25.3 Å². The lowest BCUT2D eigenvalue weighted by Crippen LogP contribution is -2.27. The summed E-state index contributed by atoms with van der Waals surface area (Å²) in [4.78, 5) is 8.66. The van der Waals surface area contributed by atoms with Crippen molar-refractivity contribution >= 4 is 29.1 Å². The van der Waals surface area contributed by atoms with Gasteiger partial charge >= 0.3 is 12.5 Å². The summed E-state index contributed by atoms with van der Waals surface area (Å²) in [5, 5.41) is 5.70. The van der Waals surface area contributed by atoms with E-state index in [9.17, 15) is 26.3 Å². The number of halogens is 7. The smallest absolute Gasteiger partial charge is 0.406 e. The van der Waals surface area contributed by atoms with Gasteiger partial charge in [0.05, 0.1) is 22.0 Å². The van der Waals surface area contributed by atoms with E-state index in [1.165, 1.54) is 18.2 Å². The third-order valence-electron chi connectivity index (χ3n) is 4.14. The van der Waals surface area contributed by atoms with Crippen LogP contribution in [0, 0.1) is 0 Å². The molecule has 182 valence electrons. The molecule has 0 aliphatic rings. The van der Waals surface area contributed by atoms with E-state index >= 15 is 0 Å². The number of benzene rings is 2. The van der Waals surface area contributed by atoms with Crippen LogP contribution in [0.4, 0.5) is 43.8 Å². The molecule has 0 fully saturated rings. The molecule has 0 aliphatic heterocycles. The first kappa shape index (κ1) is 25.4. The van der Waals surface area contributed by atoms with Crippen LogP contribution in [0.15, 0.2) is 48.5 Å². The van der Waals surface area contributed by atoms with Crippen molar-refractivity contribution in [3.63, 3.8) is 0 Å². The average molecular weight is 505 g/mol. The number of hydrogen-bond acceptors (Lipinski definition) is 5. The zero-order valence-electron chi connectivity index (χ0n) is 18.1. The Labute approximate surface area is 196 Å². The summed E-state index contributed by atoms with van der Waals surface area (Å²) in [5.74, 6) is -0.146. The Morgan fingerprint density at radius 1 is 0.882 bits per heavy atom. The van der Waals surface area contributed by atoms with Crippen LogP contribution in [0.3, 0.4) is 0 Å². The third kappa shape index (κ3) is 7.14. The van der Waals surface area contributed by atoms with Gasteiger partial charge in [0.2, 0.25) is 5.95 Å². The molecule has 2 N–H and O–H groups in total. The van der Waals surface area contributed by atoms with Crippen LogP contribution in [0.1, 0.15) is 26.3 Å². The Balaban J connectivity index is 2.01. The van der Waals surface area contributed by atoms with Gasteiger partial charge in [0.25, 0.3) is 0 Å². The number of nitrogens with zero attached hydrogens (tertiary/aromatic N) is 2. The van der Waals surface area contributed by atoms with Crippen molar-refractivity contribution in [1.29, 1.82) is 0 Å². The van der Waals surface area contributed by atoms with E-state index in [0.29, 0.717) is 5.56 Å². The fourth-order valence-electron chi connectivity index (χ4n) is 2.83. The maximum absolute atomic E-state index is 12.9. The molecule has 5 nitrogen and oxygen atoms in total. The molecule has 0 saturated heterocycles. The Morgan fingerprint density at radius 3 is 2.18 bits per heavy atom. The number of nitrogens with one attached hydrogen (secondary N) is 2. The third-order valence-corrected chi connectivity index (χ3v) is 4.45. The van der Waals surface area contributed by atoms with Gasteiger partial charge in [-0.2, -0.15) is 18.2 Å². The largest absolute Gasteiger partial charge is 0.573 e.